The Balaban J connectivity index is 2.28. The lowest BCUT2D eigenvalue weighted by atomic mass is 9.97. The second-order valence-corrected chi connectivity index (χ2v) is 5.83. The van der Waals surface area contributed by atoms with Gasteiger partial charge in [-0.3, -0.25) is 0 Å². The maximum atomic E-state index is 5.49. The molecule has 0 fully saturated rings. The Morgan fingerprint density at radius 3 is 2.45 bits per heavy atom. The summed E-state index contributed by atoms with van der Waals surface area (Å²) in [4.78, 5) is 0. The SMILES string of the molecule is CNC(Cc1ccc(Br)cc1)c1cc(C)ccc1OC. The van der Waals surface area contributed by atoms with E-state index in [0.29, 0.717) is 0 Å². The fraction of sp³-hybridized carbons (Fsp3) is 0.294. The van der Waals surface area contributed by atoms with Crippen molar-refractivity contribution in [3.63, 3.8) is 0 Å². The lowest BCUT2D eigenvalue weighted by molar-refractivity contribution is 0.401. The molecule has 0 aliphatic heterocycles. The molecule has 0 aliphatic carbocycles. The van der Waals surface area contributed by atoms with Gasteiger partial charge in [-0.25, -0.2) is 0 Å². The van der Waals surface area contributed by atoms with E-state index in [1.165, 1.54) is 16.7 Å². The van der Waals surface area contributed by atoms with E-state index in [-0.39, 0.29) is 6.04 Å². The van der Waals surface area contributed by atoms with Gasteiger partial charge in [0.2, 0.25) is 0 Å². The lowest BCUT2D eigenvalue weighted by Gasteiger charge is -2.20. The Labute approximate surface area is 129 Å². The van der Waals surface area contributed by atoms with Crippen LogP contribution in [0.25, 0.3) is 0 Å². The highest BCUT2D eigenvalue weighted by Crippen LogP contribution is 2.28. The minimum atomic E-state index is 0.242. The first kappa shape index (κ1) is 15.1. The maximum absolute atomic E-state index is 5.49. The molecule has 0 aliphatic rings. The number of hydrogen-bond donors (Lipinski definition) is 1. The lowest BCUT2D eigenvalue weighted by Crippen LogP contribution is -2.19. The van der Waals surface area contributed by atoms with E-state index in [1.54, 1.807) is 7.11 Å². The van der Waals surface area contributed by atoms with Crippen LogP contribution in [0.5, 0.6) is 5.75 Å². The van der Waals surface area contributed by atoms with E-state index in [1.807, 2.05) is 13.1 Å². The predicted octanol–water partition coefficient (Wildman–Crippen LogP) is 4.27. The number of benzene rings is 2. The molecular formula is C17H20BrNO. The second kappa shape index (κ2) is 6.91. The summed E-state index contributed by atoms with van der Waals surface area (Å²) in [6.07, 6.45) is 0.934. The van der Waals surface area contributed by atoms with Crippen molar-refractivity contribution in [1.82, 2.24) is 5.32 Å². The van der Waals surface area contributed by atoms with Crippen molar-refractivity contribution < 1.29 is 4.74 Å². The molecule has 1 unspecified atom stereocenters. The molecule has 1 N–H and O–H groups in total. The van der Waals surface area contributed by atoms with Crippen molar-refractivity contribution in [1.29, 1.82) is 0 Å². The standard InChI is InChI=1S/C17H20BrNO/c1-12-4-9-17(20-3)15(10-12)16(19-2)11-13-5-7-14(18)8-6-13/h4-10,16,19H,11H2,1-3H3. The summed E-state index contributed by atoms with van der Waals surface area (Å²) in [5, 5.41) is 3.39. The zero-order valence-electron chi connectivity index (χ0n) is 12.1. The van der Waals surface area contributed by atoms with Gasteiger partial charge in [0.05, 0.1) is 7.11 Å². The number of aryl methyl sites for hydroxylation is 1. The van der Waals surface area contributed by atoms with Crippen LogP contribution >= 0.6 is 15.9 Å². The summed E-state index contributed by atoms with van der Waals surface area (Å²) in [6.45, 7) is 2.11. The van der Waals surface area contributed by atoms with Gasteiger partial charge in [0.15, 0.2) is 0 Å². The van der Waals surface area contributed by atoms with Crippen LogP contribution in [-0.4, -0.2) is 14.2 Å². The van der Waals surface area contributed by atoms with Gasteiger partial charge >= 0.3 is 0 Å². The van der Waals surface area contributed by atoms with Crippen LogP contribution in [0.15, 0.2) is 46.9 Å². The summed E-state index contributed by atoms with van der Waals surface area (Å²) in [5.41, 5.74) is 3.76. The number of nitrogens with one attached hydrogen (secondary N) is 1. The molecule has 106 valence electrons. The van der Waals surface area contributed by atoms with Crippen LogP contribution in [0.4, 0.5) is 0 Å². The van der Waals surface area contributed by atoms with Crippen LogP contribution in [0.3, 0.4) is 0 Å². The first-order valence-electron chi connectivity index (χ1n) is 6.70. The van der Waals surface area contributed by atoms with Gasteiger partial charge in [-0.2, -0.15) is 0 Å². The normalized spacial score (nSPS) is 12.2. The van der Waals surface area contributed by atoms with Crippen LogP contribution in [-0.2, 0) is 6.42 Å². The van der Waals surface area contributed by atoms with Crippen LogP contribution in [0, 0.1) is 6.92 Å². The zero-order chi connectivity index (χ0) is 14.5. The fourth-order valence-electron chi connectivity index (χ4n) is 2.35. The van der Waals surface area contributed by atoms with E-state index in [0.717, 1.165) is 16.6 Å². The minimum absolute atomic E-state index is 0.242. The van der Waals surface area contributed by atoms with Gasteiger partial charge in [0.1, 0.15) is 5.75 Å². The quantitative estimate of drug-likeness (QED) is 0.882. The fourth-order valence-corrected chi connectivity index (χ4v) is 2.61. The van der Waals surface area contributed by atoms with Crippen molar-refractivity contribution in [3.05, 3.63) is 63.6 Å². The average Bonchev–Trinajstić information content (AvgIpc) is 2.46. The van der Waals surface area contributed by atoms with Crippen molar-refractivity contribution in [2.75, 3.05) is 14.2 Å². The summed E-state index contributed by atoms with van der Waals surface area (Å²) < 4.78 is 6.60. The van der Waals surface area contributed by atoms with E-state index < -0.39 is 0 Å². The third-order valence-corrected chi connectivity index (χ3v) is 3.99. The number of hydrogen-bond acceptors (Lipinski definition) is 2. The largest absolute Gasteiger partial charge is 0.496 e. The van der Waals surface area contributed by atoms with E-state index >= 15 is 0 Å². The molecule has 3 heteroatoms. The van der Waals surface area contributed by atoms with Gasteiger partial charge in [0, 0.05) is 16.1 Å². The molecule has 0 bridgehead atoms. The van der Waals surface area contributed by atoms with E-state index in [2.05, 4.69) is 64.6 Å². The molecule has 0 aromatic heterocycles. The van der Waals surface area contributed by atoms with Gasteiger partial charge in [-0.15, -0.1) is 0 Å². The van der Waals surface area contributed by atoms with Gasteiger partial charge in [-0.1, -0.05) is 45.8 Å². The van der Waals surface area contributed by atoms with Gasteiger partial charge in [0.25, 0.3) is 0 Å². The van der Waals surface area contributed by atoms with Crippen LogP contribution in [0.1, 0.15) is 22.7 Å². The van der Waals surface area contributed by atoms with Crippen molar-refractivity contribution >= 4 is 15.9 Å². The Hall–Kier alpha value is -1.32. The Morgan fingerprint density at radius 2 is 1.85 bits per heavy atom. The Kier molecular flexibility index (Phi) is 5.21. The topological polar surface area (TPSA) is 21.3 Å². The number of likely N-dealkylation sites (N-methyl/N-ethyl adjacent to an activating group) is 1. The summed E-state index contributed by atoms with van der Waals surface area (Å²) in [5.74, 6) is 0.937. The molecule has 0 radical (unpaired) electrons. The number of halogens is 1. The molecule has 0 heterocycles. The van der Waals surface area contributed by atoms with E-state index in [9.17, 15) is 0 Å². The Morgan fingerprint density at radius 1 is 1.15 bits per heavy atom. The molecule has 2 aromatic rings. The van der Waals surface area contributed by atoms with Crippen molar-refractivity contribution in [3.8, 4) is 5.75 Å². The maximum Gasteiger partial charge on any atom is 0.123 e. The highest BCUT2D eigenvalue weighted by atomic mass is 79.9. The number of rotatable bonds is 5. The molecule has 0 saturated carbocycles. The van der Waals surface area contributed by atoms with Crippen molar-refractivity contribution in [2.45, 2.75) is 19.4 Å². The molecule has 0 spiro atoms. The average molecular weight is 334 g/mol. The highest BCUT2D eigenvalue weighted by molar-refractivity contribution is 9.10. The predicted molar refractivity (Wildman–Crippen MR) is 87.4 cm³/mol. The molecule has 2 rings (SSSR count). The van der Waals surface area contributed by atoms with Crippen molar-refractivity contribution in [2.24, 2.45) is 0 Å². The summed E-state index contributed by atoms with van der Waals surface area (Å²) in [6, 6.07) is 15.0. The monoisotopic (exact) mass is 333 g/mol. The zero-order valence-corrected chi connectivity index (χ0v) is 13.7. The second-order valence-electron chi connectivity index (χ2n) is 4.92. The van der Waals surface area contributed by atoms with Crippen LogP contribution < -0.4 is 10.1 Å². The molecule has 2 nitrogen and oxygen atoms in total. The third kappa shape index (κ3) is 3.62. The number of methoxy groups -OCH3 is 1. The van der Waals surface area contributed by atoms with E-state index in [4.69, 9.17) is 4.74 Å². The van der Waals surface area contributed by atoms with Gasteiger partial charge < -0.3 is 10.1 Å². The highest BCUT2D eigenvalue weighted by Gasteiger charge is 2.15. The molecule has 0 saturated heterocycles. The molecule has 0 amide bonds. The molecule has 20 heavy (non-hydrogen) atoms. The Bertz CT molecular complexity index is 566. The molecule has 1 atom stereocenters. The molecular weight excluding hydrogens is 314 g/mol. The summed E-state index contributed by atoms with van der Waals surface area (Å²) in [7, 11) is 3.71. The first-order chi connectivity index (χ1) is 9.63. The van der Waals surface area contributed by atoms with Gasteiger partial charge in [-0.05, 0) is 44.2 Å². The third-order valence-electron chi connectivity index (χ3n) is 3.46. The smallest absolute Gasteiger partial charge is 0.123 e. The number of ether oxygens (including phenoxy) is 1. The molecule has 2 aromatic carbocycles. The first-order valence-corrected chi connectivity index (χ1v) is 7.49. The van der Waals surface area contributed by atoms with Crippen LogP contribution in [0.2, 0.25) is 0 Å². The minimum Gasteiger partial charge on any atom is -0.496 e. The summed E-state index contributed by atoms with van der Waals surface area (Å²) >= 11 is 3.47.